The van der Waals surface area contributed by atoms with Crippen LogP contribution in [0.1, 0.15) is 44.0 Å². The Hall–Kier alpha value is -1.03. The lowest BCUT2D eigenvalue weighted by atomic mass is 9.84. The first-order chi connectivity index (χ1) is 9.62. The van der Waals surface area contributed by atoms with Gasteiger partial charge in [-0.15, -0.1) is 0 Å². The van der Waals surface area contributed by atoms with Crippen molar-refractivity contribution in [2.75, 3.05) is 18.5 Å². The van der Waals surface area contributed by atoms with Crippen molar-refractivity contribution in [2.24, 2.45) is 5.41 Å². The summed E-state index contributed by atoms with van der Waals surface area (Å²) in [6.07, 6.45) is 2.06. The summed E-state index contributed by atoms with van der Waals surface area (Å²) < 4.78 is 5.50. The Morgan fingerprint density at radius 3 is 2.45 bits per heavy atom. The van der Waals surface area contributed by atoms with Crippen LogP contribution in [0.15, 0.2) is 24.3 Å². The molecule has 0 atom stereocenters. The molecule has 0 fully saturated rings. The third kappa shape index (κ3) is 4.23. The van der Waals surface area contributed by atoms with Crippen molar-refractivity contribution >= 4 is 21.8 Å². The van der Waals surface area contributed by atoms with E-state index in [1.807, 2.05) is 25.1 Å². The van der Waals surface area contributed by atoms with Crippen molar-refractivity contribution in [3.8, 4) is 5.75 Å². The van der Waals surface area contributed by atoms with E-state index in [0.29, 0.717) is 24.5 Å². The minimum Gasteiger partial charge on any atom is -0.493 e. The molecule has 1 N–H and O–H groups in total. The van der Waals surface area contributed by atoms with Crippen LogP contribution in [-0.4, -0.2) is 24.4 Å². The second-order valence-corrected chi connectivity index (χ2v) is 5.51. The zero-order valence-corrected chi connectivity index (χ0v) is 14.1. The van der Waals surface area contributed by atoms with E-state index >= 15 is 0 Å². The maximum atomic E-state index is 12.3. The van der Waals surface area contributed by atoms with Gasteiger partial charge < -0.3 is 10.1 Å². The third-order valence-corrected chi connectivity index (χ3v) is 5.03. The number of benzene rings is 1. The fourth-order valence-corrected chi connectivity index (χ4v) is 3.03. The Morgan fingerprint density at radius 2 is 1.90 bits per heavy atom. The predicted octanol–water partition coefficient (Wildman–Crippen LogP) is 4.02. The highest BCUT2D eigenvalue weighted by atomic mass is 79.9. The van der Waals surface area contributed by atoms with Gasteiger partial charge in [0.05, 0.1) is 12.2 Å². The molecule has 0 spiro atoms. The van der Waals surface area contributed by atoms with Crippen LogP contribution >= 0.6 is 15.9 Å². The predicted molar refractivity (Wildman–Crippen MR) is 86.8 cm³/mol. The number of para-hydroxylation sites is 1. The molecular weight excluding hydrogens is 318 g/mol. The molecule has 1 rings (SSSR count). The molecular formula is C16H24BrNO2. The summed E-state index contributed by atoms with van der Waals surface area (Å²) in [4.78, 5) is 12.3. The molecule has 0 aliphatic rings. The van der Waals surface area contributed by atoms with Gasteiger partial charge in [0, 0.05) is 11.9 Å². The molecule has 0 aliphatic carbocycles. The Kier molecular flexibility index (Phi) is 7.06. The van der Waals surface area contributed by atoms with Crippen LogP contribution in [-0.2, 0) is 0 Å². The molecule has 0 heterocycles. The molecule has 112 valence electrons. The summed E-state index contributed by atoms with van der Waals surface area (Å²) >= 11 is 3.56. The number of alkyl halides is 1. The molecule has 0 saturated carbocycles. The van der Waals surface area contributed by atoms with Crippen LogP contribution < -0.4 is 10.1 Å². The van der Waals surface area contributed by atoms with Gasteiger partial charge in [0.1, 0.15) is 5.75 Å². The van der Waals surface area contributed by atoms with E-state index in [9.17, 15) is 4.79 Å². The first-order valence-electron chi connectivity index (χ1n) is 7.18. The molecule has 1 aromatic rings. The quantitative estimate of drug-likeness (QED) is 0.725. The molecule has 1 aromatic carbocycles. The second-order valence-electron chi connectivity index (χ2n) is 4.95. The molecule has 0 radical (unpaired) electrons. The minimum absolute atomic E-state index is 0.0683. The highest BCUT2D eigenvalue weighted by molar-refractivity contribution is 9.09. The summed E-state index contributed by atoms with van der Waals surface area (Å²) in [6, 6.07) is 7.36. The van der Waals surface area contributed by atoms with Gasteiger partial charge in [-0.3, -0.25) is 4.79 Å². The van der Waals surface area contributed by atoms with Gasteiger partial charge in [0.2, 0.25) is 0 Å². The van der Waals surface area contributed by atoms with Gasteiger partial charge >= 0.3 is 0 Å². The molecule has 0 aliphatic heterocycles. The van der Waals surface area contributed by atoms with Gasteiger partial charge in [-0.1, -0.05) is 41.9 Å². The fraction of sp³-hybridized carbons (Fsp3) is 0.562. The number of amides is 1. The van der Waals surface area contributed by atoms with Crippen molar-refractivity contribution in [1.29, 1.82) is 0 Å². The monoisotopic (exact) mass is 341 g/mol. The van der Waals surface area contributed by atoms with Crippen molar-refractivity contribution in [3.05, 3.63) is 29.8 Å². The van der Waals surface area contributed by atoms with Crippen LogP contribution in [0.5, 0.6) is 5.75 Å². The number of ether oxygens (including phenoxy) is 1. The lowest BCUT2D eigenvalue weighted by Crippen LogP contribution is -2.38. The number of rotatable bonds is 8. The smallest absolute Gasteiger partial charge is 0.255 e. The summed E-state index contributed by atoms with van der Waals surface area (Å²) in [6.45, 7) is 7.46. The van der Waals surface area contributed by atoms with E-state index in [0.717, 1.165) is 18.2 Å². The van der Waals surface area contributed by atoms with Gasteiger partial charge in [-0.05, 0) is 37.3 Å². The van der Waals surface area contributed by atoms with E-state index in [1.54, 1.807) is 6.07 Å². The van der Waals surface area contributed by atoms with Crippen LogP contribution in [0, 0.1) is 5.41 Å². The number of halogens is 1. The second kappa shape index (κ2) is 8.30. The Morgan fingerprint density at radius 1 is 1.25 bits per heavy atom. The summed E-state index contributed by atoms with van der Waals surface area (Å²) in [7, 11) is 0. The van der Waals surface area contributed by atoms with Crippen molar-refractivity contribution in [3.63, 3.8) is 0 Å². The Labute approximate surface area is 130 Å². The molecule has 0 unspecified atom stereocenters. The van der Waals surface area contributed by atoms with E-state index in [2.05, 4.69) is 35.1 Å². The van der Waals surface area contributed by atoms with Gasteiger partial charge in [-0.2, -0.15) is 0 Å². The first-order valence-corrected chi connectivity index (χ1v) is 8.30. The molecule has 1 amide bonds. The summed E-state index contributed by atoms with van der Waals surface area (Å²) in [5, 5.41) is 3.93. The fourth-order valence-electron chi connectivity index (χ4n) is 2.03. The Balaban J connectivity index is 2.76. The highest BCUT2D eigenvalue weighted by Gasteiger charge is 2.26. The zero-order chi connectivity index (χ0) is 15.0. The number of hydrogen-bond acceptors (Lipinski definition) is 2. The summed E-state index contributed by atoms with van der Waals surface area (Å²) in [5.74, 6) is 0.575. The number of hydrogen-bond donors (Lipinski definition) is 1. The molecule has 0 saturated heterocycles. The van der Waals surface area contributed by atoms with Crippen molar-refractivity contribution < 1.29 is 9.53 Å². The van der Waals surface area contributed by atoms with Crippen LogP contribution in [0.25, 0.3) is 0 Å². The number of nitrogens with one attached hydrogen (secondary N) is 1. The van der Waals surface area contributed by atoms with E-state index in [4.69, 9.17) is 4.74 Å². The number of carbonyl (C=O) groups is 1. The topological polar surface area (TPSA) is 38.3 Å². The van der Waals surface area contributed by atoms with E-state index < -0.39 is 0 Å². The van der Waals surface area contributed by atoms with Crippen LogP contribution in [0.2, 0.25) is 0 Å². The molecule has 20 heavy (non-hydrogen) atoms. The Bertz CT molecular complexity index is 422. The van der Waals surface area contributed by atoms with Gasteiger partial charge in [0.15, 0.2) is 0 Å². The first kappa shape index (κ1) is 17.0. The highest BCUT2D eigenvalue weighted by Crippen LogP contribution is 2.28. The van der Waals surface area contributed by atoms with Crippen molar-refractivity contribution in [2.45, 2.75) is 33.6 Å². The largest absolute Gasteiger partial charge is 0.493 e. The lowest BCUT2D eigenvalue weighted by Gasteiger charge is -2.29. The molecule has 0 bridgehead atoms. The standard InChI is InChI=1S/C16H24BrNO2/c1-4-16(5-2,11-17)12-18-15(19)13-9-7-8-10-14(13)20-6-3/h7-10H,4-6,11-12H2,1-3H3,(H,18,19). The normalized spacial score (nSPS) is 11.2. The van der Waals surface area contributed by atoms with E-state index in [-0.39, 0.29) is 11.3 Å². The maximum absolute atomic E-state index is 12.3. The van der Waals surface area contributed by atoms with Gasteiger partial charge in [0.25, 0.3) is 5.91 Å². The molecule has 3 nitrogen and oxygen atoms in total. The van der Waals surface area contributed by atoms with Crippen LogP contribution in [0.4, 0.5) is 0 Å². The summed E-state index contributed by atoms with van der Waals surface area (Å²) in [5.41, 5.74) is 0.723. The molecule has 0 aromatic heterocycles. The number of carbonyl (C=O) groups excluding carboxylic acids is 1. The third-order valence-electron chi connectivity index (χ3n) is 3.84. The SMILES string of the molecule is CCOc1ccccc1C(=O)NCC(CC)(CC)CBr. The van der Waals surface area contributed by atoms with E-state index in [1.165, 1.54) is 0 Å². The van der Waals surface area contributed by atoms with Crippen molar-refractivity contribution in [1.82, 2.24) is 5.32 Å². The lowest BCUT2D eigenvalue weighted by molar-refractivity contribution is 0.0928. The maximum Gasteiger partial charge on any atom is 0.255 e. The average molecular weight is 342 g/mol. The molecule has 4 heteroatoms. The van der Waals surface area contributed by atoms with Gasteiger partial charge in [-0.25, -0.2) is 0 Å². The minimum atomic E-state index is -0.0683. The van der Waals surface area contributed by atoms with Crippen LogP contribution in [0.3, 0.4) is 0 Å². The average Bonchev–Trinajstić information content (AvgIpc) is 2.50. The zero-order valence-electron chi connectivity index (χ0n) is 12.5.